The maximum absolute atomic E-state index is 9.13. The highest BCUT2D eigenvalue weighted by atomic mass is 16.3. The summed E-state index contributed by atoms with van der Waals surface area (Å²) in [5.41, 5.74) is 9.86. The Morgan fingerprint density at radius 3 is 2.56 bits per heavy atom. The molecule has 1 heterocycles. The molecule has 0 aliphatic carbocycles. The summed E-state index contributed by atoms with van der Waals surface area (Å²) < 4.78 is 0. The highest BCUT2D eigenvalue weighted by molar-refractivity contribution is 5.67. The van der Waals surface area contributed by atoms with Crippen LogP contribution < -0.4 is 5.73 Å². The SMILES string of the molecule is C[C@H](N)c1[nH]c(CO)cc1-c1ccccc1. The number of nitrogens with one attached hydrogen (secondary N) is 1. The molecule has 0 aliphatic heterocycles. The summed E-state index contributed by atoms with van der Waals surface area (Å²) in [5, 5.41) is 9.13. The smallest absolute Gasteiger partial charge is 0.0831 e. The second-order valence-corrected chi connectivity index (χ2v) is 3.93. The van der Waals surface area contributed by atoms with E-state index in [0.29, 0.717) is 0 Å². The van der Waals surface area contributed by atoms with Gasteiger partial charge in [-0.1, -0.05) is 30.3 Å². The zero-order chi connectivity index (χ0) is 11.5. The predicted octanol–water partition coefficient (Wildman–Crippen LogP) is 2.19. The van der Waals surface area contributed by atoms with Crippen molar-refractivity contribution in [3.63, 3.8) is 0 Å². The maximum atomic E-state index is 9.13. The molecule has 84 valence electrons. The molecule has 3 nitrogen and oxygen atoms in total. The van der Waals surface area contributed by atoms with E-state index in [1.807, 2.05) is 43.3 Å². The molecule has 2 aromatic rings. The molecule has 0 amide bonds. The van der Waals surface area contributed by atoms with Gasteiger partial charge in [0.25, 0.3) is 0 Å². The van der Waals surface area contributed by atoms with Crippen LogP contribution in [0.4, 0.5) is 0 Å². The quantitative estimate of drug-likeness (QED) is 0.736. The van der Waals surface area contributed by atoms with Gasteiger partial charge in [0.1, 0.15) is 0 Å². The van der Waals surface area contributed by atoms with Crippen molar-refractivity contribution in [1.29, 1.82) is 0 Å². The Hall–Kier alpha value is -1.58. The van der Waals surface area contributed by atoms with Crippen LogP contribution in [0.5, 0.6) is 0 Å². The summed E-state index contributed by atoms with van der Waals surface area (Å²) in [4.78, 5) is 3.15. The first kappa shape index (κ1) is 10.9. The van der Waals surface area contributed by atoms with Crippen LogP contribution in [0.25, 0.3) is 11.1 Å². The molecule has 1 aromatic carbocycles. The van der Waals surface area contributed by atoms with Crippen LogP contribution in [0.15, 0.2) is 36.4 Å². The van der Waals surface area contributed by atoms with E-state index >= 15 is 0 Å². The van der Waals surface area contributed by atoms with Gasteiger partial charge >= 0.3 is 0 Å². The molecule has 3 heteroatoms. The summed E-state index contributed by atoms with van der Waals surface area (Å²) in [7, 11) is 0. The van der Waals surface area contributed by atoms with Gasteiger partial charge in [-0.3, -0.25) is 0 Å². The van der Waals surface area contributed by atoms with E-state index in [9.17, 15) is 0 Å². The Bertz CT molecular complexity index is 460. The zero-order valence-corrected chi connectivity index (χ0v) is 9.27. The molecule has 0 radical (unpaired) electrons. The molecule has 0 bridgehead atoms. The van der Waals surface area contributed by atoms with Crippen molar-refractivity contribution >= 4 is 0 Å². The average Bonchev–Trinajstić information content (AvgIpc) is 2.74. The van der Waals surface area contributed by atoms with E-state index in [4.69, 9.17) is 10.8 Å². The molecule has 16 heavy (non-hydrogen) atoms. The van der Waals surface area contributed by atoms with Gasteiger partial charge in [-0.25, -0.2) is 0 Å². The Morgan fingerprint density at radius 1 is 1.31 bits per heavy atom. The molecule has 0 fully saturated rings. The van der Waals surface area contributed by atoms with Crippen LogP contribution in [0.2, 0.25) is 0 Å². The van der Waals surface area contributed by atoms with Crippen molar-refractivity contribution in [2.24, 2.45) is 5.73 Å². The van der Waals surface area contributed by atoms with Crippen molar-refractivity contribution in [1.82, 2.24) is 4.98 Å². The lowest BCUT2D eigenvalue weighted by Gasteiger charge is -2.07. The number of hydrogen-bond acceptors (Lipinski definition) is 2. The minimum atomic E-state index is -0.0736. The number of rotatable bonds is 3. The molecule has 0 unspecified atom stereocenters. The van der Waals surface area contributed by atoms with Crippen molar-refractivity contribution in [2.45, 2.75) is 19.6 Å². The van der Waals surface area contributed by atoms with Crippen molar-refractivity contribution in [3.8, 4) is 11.1 Å². The van der Waals surface area contributed by atoms with Crippen molar-refractivity contribution in [3.05, 3.63) is 47.8 Å². The molecular weight excluding hydrogens is 200 g/mol. The molecule has 1 aromatic heterocycles. The van der Waals surface area contributed by atoms with Crippen molar-refractivity contribution in [2.75, 3.05) is 0 Å². The number of hydrogen-bond donors (Lipinski definition) is 3. The fourth-order valence-corrected chi connectivity index (χ4v) is 1.83. The lowest BCUT2D eigenvalue weighted by atomic mass is 10.0. The van der Waals surface area contributed by atoms with Crippen LogP contribution in [-0.2, 0) is 6.61 Å². The van der Waals surface area contributed by atoms with E-state index in [0.717, 1.165) is 22.5 Å². The van der Waals surface area contributed by atoms with Gasteiger partial charge in [-0.15, -0.1) is 0 Å². The minimum Gasteiger partial charge on any atom is -0.390 e. The molecule has 1 atom stereocenters. The normalized spacial score (nSPS) is 12.7. The van der Waals surface area contributed by atoms with E-state index < -0.39 is 0 Å². The Kier molecular flexibility index (Phi) is 3.08. The van der Waals surface area contributed by atoms with Crippen LogP contribution >= 0.6 is 0 Å². The van der Waals surface area contributed by atoms with Gasteiger partial charge in [-0.05, 0) is 18.6 Å². The van der Waals surface area contributed by atoms with E-state index in [1.165, 1.54) is 0 Å². The largest absolute Gasteiger partial charge is 0.390 e. The molecule has 2 rings (SSSR count). The van der Waals surface area contributed by atoms with Crippen LogP contribution in [-0.4, -0.2) is 10.1 Å². The number of aliphatic hydroxyl groups is 1. The third kappa shape index (κ3) is 2.01. The Labute approximate surface area is 94.9 Å². The second kappa shape index (κ2) is 4.51. The molecule has 0 spiro atoms. The first-order valence-corrected chi connectivity index (χ1v) is 5.36. The molecule has 0 saturated heterocycles. The highest BCUT2D eigenvalue weighted by Gasteiger charge is 2.12. The summed E-state index contributed by atoms with van der Waals surface area (Å²) in [6.07, 6.45) is 0. The summed E-state index contributed by atoms with van der Waals surface area (Å²) in [6, 6.07) is 11.9. The number of aromatic amines is 1. The van der Waals surface area contributed by atoms with E-state index in [-0.39, 0.29) is 12.6 Å². The number of benzene rings is 1. The molecule has 0 aliphatic rings. The Morgan fingerprint density at radius 2 is 2.00 bits per heavy atom. The lowest BCUT2D eigenvalue weighted by Crippen LogP contribution is -2.06. The summed E-state index contributed by atoms with van der Waals surface area (Å²) >= 11 is 0. The predicted molar refractivity (Wildman–Crippen MR) is 64.8 cm³/mol. The van der Waals surface area contributed by atoms with Gasteiger partial charge < -0.3 is 15.8 Å². The molecule has 0 saturated carbocycles. The van der Waals surface area contributed by atoms with Crippen LogP contribution in [0, 0.1) is 0 Å². The number of aromatic nitrogens is 1. The maximum Gasteiger partial charge on any atom is 0.0831 e. The van der Waals surface area contributed by atoms with Crippen molar-refractivity contribution < 1.29 is 5.11 Å². The average molecular weight is 216 g/mol. The lowest BCUT2D eigenvalue weighted by molar-refractivity contribution is 0.277. The molecular formula is C13H16N2O. The van der Waals surface area contributed by atoms with Gasteiger partial charge in [0.15, 0.2) is 0 Å². The van der Waals surface area contributed by atoms with Crippen LogP contribution in [0.3, 0.4) is 0 Å². The van der Waals surface area contributed by atoms with Gasteiger partial charge in [-0.2, -0.15) is 0 Å². The fourth-order valence-electron chi connectivity index (χ4n) is 1.83. The summed E-state index contributed by atoms with van der Waals surface area (Å²) in [6.45, 7) is 1.94. The number of nitrogens with two attached hydrogens (primary N) is 1. The highest BCUT2D eigenvalue weighted by Crippen LogP contribution is 2.27. The third-order valence-corrected chi connectivity index (χ3v) is 2.61. The topological polar surface area (TPSA) is 62.0 Å². The van der Waals surface area contributed by atoms with E-state index in [2.05, 4.69) is 4.98 Å². The second-order valence-electron chi connectivity index (χ2n) is 3.93. The van der Waals surface area contributed by atoms with Crippen LogP contribution in [0.1, 0.15) is 24.4 Å². The first-order chi connectivity index (χ1) is 7.72. The zero-order valence-electron chi connectivity index (χ0n) is 9.27. The minimum absolute atomic E-state index is 0.00650. The fraction of sp³-hybridized carbons (Fsp3) is 0.231. The monoisotopic (exact) mass is 216 g/mol. The first-order valence-electron chi connectivity index (χ1n) is 5.36. The molecule has 4 N–H and O–H groups in total. The van der Waals surface area contributed by atoms with Gasteiger partial charge in [0, 0.05) is 23.0 Å². The van der Waals surface area contributed by atoms with Gasteiger partial charge in [0.2, 0.25) is 0 Å². The van der Waals surface area contributed by atoms with Gasteiger partial charge in [0.05, 0.1) is 6.61 Å². The number of aliphatic hydroxyl groups excluding tert-OH is 1. The third-order valence-electron chi connectivity index (χ3n) is 2.61. The standard InChI is InChI=1S/C13H16N2O/c1-9(14)13-12(7-11(8-16)15-13)10-5-3-2-4-6-10/h2-7,9,15-16H,8,14H2,1H3/t9-/m0/s1. The van der Waals surface area contributed by atoms with E-state index in [1.54, 1.807) is 0 Å². The summed E-state index contributed by atoms with van der Waals surface area (Å²) in [5.74, 6) is 0. The number of H-pyrrole nitrogens is 1. The Balaban J connectivity index is 2.51.